The number of aliphatic hydroxyl groups excluding tert-OH is 1. The first-order valence-corrected chi connectivity index (χ1v) is 6.55. The largest absolute Gasteiger partial charge is 0.391 e. The van der Waals surface area contributed by atoms with Gasteiger partial charge in [0.25, 0.3) is 5.85 Å². The number of alkyl halides is 1. The van der Waals surface area contributed by atoms with E-state index in [-0.39, 0.29) is 5.65 Å². The first-order chi connectivity index (χ1) is 10.3. The zero-order chi connectivity index (χ0) is 16.2. The Morgan fingerprint density at radius 1 is 1.41 bits per heavy atom. The maximum atomic E-state index is 14.9. The number of ether oxygens (including phenoxy) is 1. The van der Waals surface area contributed by atoms with Gasteiger partial charge in [-0.15, -0.1) is 0 Å². The summed E-state index contributed by atoms with van der Waals surface area (Å²) in [5.74, 6) is -2.86. The Hall–Kier alpha value is -1.88. The molecule has 3 heterocycles. The highest BCUT2D eigenvalue weighted by molar-refractivity contribution is 5.82. The molecular weight excluding hydrogens is 297 g/mol. The van der Waals surface area contributed by atoms with Crippen LogP contribution in [0.2, 0.25) is 0 Å². The second-order valence-corrected chi connectivity index (χ2v) is 5.39. The van der Waals surface area contributed by atoms with Crippen molar-refractivity contribution in [3.8, 4) is 0 Å². The van der Waals surface area contributed by atoms with Gasteiger partial charge in [-0.25, -0.2) is 19.3 Å². The summed E-state index contributed by atoms with van der Waals surface area (Å²) in [5, 5.41) is 32.7. The summed E-state index contributed by atoms with van der Waals surface area (Å²) in [6, 6.07) is 0. The zero-order valence-corrected chi connectivity index (χ0v) is 12.0. The van der Waals surface area contributed by atoms with E-state index in [0.29, 0.717) is 11.3 Å². The lowest BCUT2D eigenvalue weighted by Crippen LogP contribution is -2.60. The number of aromatic nitrogens is 4. The van der Waals surface area contributed by atoms with Crippen LogP contribution in [-0.2, 0) is 10.5 Å². The van der Waals surface area contributed by atoms with Crippen molar-refractivity contribution < 1.29 is 24.4 Å². The highest BCUT2D eigenvalue weighted by atomic mass is 19.2. The Labute approximate surface area is 124 Å². The van der Waals surface area contributed by atoms with Crippen LogP contribution in [0.4, 0.5) is 10.2 Å². The number of aliphatic hydroxyl groups is 3. The Morgan fingerprint density at radius 3 is 2.68 bits per heavy atom. The molecule has 4 N–H and O–H groups in total. The van der Waals surface area contributed by atoms with Crippen LogP contribution in [0.3, 0.4) is 0 Å². The van der Waals surface area contributed by atoms with Crippen molar-refractivity contribution in [3.05, 3.63) is 12.7 Å². The Bertz CT molecular complexity index is 719. The normalized spacial score (nSPS) is 35.2. The zero-order valence-electron chi connectivity index (χ0n) is 12.0. The minimum atomic E-state index is -3.26. The molecule has 0 aliphatic carbocycles. The van der Waals surface area contributed by atoms with Crippen molar-refractivity contribution in [3.63, 3.8) is 0 Å². The molecule has 0 saturated carbocycles. The lowest BCUT2D eigenvalue weighted by molar-refractivity contribution is -0.286. The summed E-state index contributed by atoms with van der Waals surface area (Å²) in [4.78, 5) is 12.0. The van der Waals surface area contributed by atoms with E-state index in [1.807, 2.05) is 0 Å². The van der Waals surface area contributed by atoms with Gasteiger partial charge in [0.2, 0.25) is 5.72 Å². The number of hydrogen-bond donors (Lipinski definition) is 4. The third kappa shape index (κ3) is 1.63. The van der Waals surface area contributed by atoms with Crippen LogP contribution in [0.15, 0.2) is 12.7 Å². The number of fused-ring (bicyclic) bond motifs is 1. The third-order valence-electron chi connectivity index (χ3n) is 4.00. The summed E-state index contributed by atoms with van der Waals surface area (Å²) in [6.45, 7) is -0.359. The van der Waals surface area contributed by atoms with Gasteiger partial charge >= 0.3 is 0 Å². The van der Waals surface area contributed by atoms with Gasteiger partial charge in [-0.05, 0) is 6.92 Å². The molecule has 0 aromatic carbocycles. The molecule has 1 fully saturated rings. The maximum absolute atomic E-state index is 14.9. The molecule has 1 saturated heterocycles. The van der Waals surface area contributed by atoms with Crippen LogP contribution in [0.1, 0.15) is 6.92 Å². The van der Waals surface area contributed by atoms with Crippen molar-refractivity contribution in [2.24, 2.45) is 0 Å². The second-order valence-electron chi connectivity index (χ2n) is 5.39. The van der Waals surface area contributed by atoms with Gasteiger partial charge < -0.3 is 25.4 Å². The van der Waals surface area contributed by atoms with E-state index in [9.17, 15) is 19.7 Å². The SMILES string of the molecule is CNc1ncnc2c1ncn2[C@@]1(CO)OC[C@](C)(O)[C@@]1(O)F. The van der Waals surface area contributed by atoms with Crippen LogP contribution < -0.4 is 5.32 Å². The van der Waals surface area contributed by atoms with E-state index in [1.54, 1.807) is 7.05 Å². The highest BCUT2D eigenvalue weighted by Crippen LogP contribution is 2.47. The topological polar surface area (TPSA) is 126 Å². The van der Waals surface area contributed by atoms with E-state index < -0.39 is 30.4 Å². The quantitative estimate of drug-likeness (QED) is 0.566. The number of rotatable bonds is 3. The number of hydrogen-bond acceptors (Lipinski definition) is 8. The lowest BCUT2D eigenvalue weighted by atomic mass is 9.92. The molecule has 1 aliphatic rings. The van der Waals surface area contributed by atoms with Crippen molar-refractivity contribution >= 4 is 17.0 Å². The van der Waals surface area contributed by atoms with Crippen molar-refractivity contribution in [1.29, 1.82) is 0 Å². The number of nitrogens with zero attached hydrogens (tertiary/aromatic N) is 4. The molecule has 0 spiro atoms. The monoisotopic (exact) mass is 313 g/mol. The summed E-state index contributed by atoms with van der Waals surface area (Å²) >= 11 is 0. The standard InChI is InChI=1S/C12H16FN5O4/c1-10(20)4-22-11(3-19,12(10,13)21)18-6-17-7-8(14-2)15-5-16-9(7)18/h5-6,19-21H,3-4H2,1-2H3,(H,14,15,16)/t10-,11-,12-/m0/s1. The van der Waals surface area contributed by atoms with E-state index in [2.05, 4.69) is 20.3 Å². The Balaban J connectivity index is 2.25. The molecule has 9 nitrogen and oxygen atoms in total. The molecule has 3 rings (SSSR count). The Morgan fingerprint density at radius 2 is 2.14 bits per heavy atom. The fourth-order valence-electron chi connectivity index (χ4n) is 2.61. The molecule has 0 amide bonds. The van der Waals surface area contributed by atoms with Gasteiger partial charge in [-0.3, -0.25) is 4.57 Å². The van der Waals surface area contributed by atoms with E-state index >= 15 is 0 Å². The molecule has 22 heavy (non-hydrogen) atoms. The van der Waals surface area contributed by atoms with Gasteiger partial charge in [0.15, 0.2) is 17.0 Å². The molecule has 2 aromatic rings. The van der Waals surface area contributed by atoms with Crippen molar-refractivity contribution in [2.75, 3.05) is 25.6 Å². The molecular formula is C12H16FN5O4. The minimum absolute atomic E-state index is 0.141. The van der Waals surface area contributed by atoms with E-state index in [0.717, 1.165) is 11.5 Å². The van der Waals surface area contributed by atoms with Crippen molar-refractivity contribution in [1.82, 2.24) is 19.5 Å². The number of halogens is 1. The summed E-state index contributed by atoms with van der Waals surface area (Å²) in [7, 11) is 1.63. The highest BCUT2D eigenvalue weighted by Gasteiger charge is 2.70. The summed E-state index contributed by atoms with van der Waals surface area (Å²) in [5.41, 5.74) is -4.01. The first kappa shape index (κ1) is 15.0. The average Bonchev–Trinajstić information content (AvgIpc) is 2.99. The molecule has 0 bridgehead atoms. The molecule has 3 atom stereocenters. The fourth-order valence-corrected chi connectivity index (χ4v) is 2.61. The van der Waals surface area contributed by atoms with Gasteiger partial charge in [0.1, 0.15) is 11.9 Å². The van der Waals surface area contributed by atoms with Crippen molar-refractivity contribution in [2.45, 2.75) is 24.1 Å². The van der Waals surface area contributed by atoms with E-state index in [4.69, 9.17) is 4.74 Å². The number of nitrogens with one attached hydrogen (secondary N) is 1. The predicted octanol–water partition coefficient (Wildman–Crippen LogP) is -1.05. The summed E-state index contributed by atoms with van der Waals surface area (Å²) < 4.78 is 21.2. The predicted molar refractivity (Wildman–Crippen MR) is 72.6 cm³/mol. The van der Waals surface area contributed by atoms with Gasteiger partial charge in [0.05, 0.1) is 19.5 Å². The van der Waals surface area contributed by atoms with Gasteiger partial charge in [-0.1, -0.05) is 0 Å². The van der Waals surface area contributed by atoms with Crippen LogP contribution in [0.25, 0.3) is 11.2 Å². The van der Waals surface area contributed by atoms with E-state index in [1.165, 1.54) is 12.7 Å². The number of anilines is 1. The van der Waals surface area contributed by atoms with Gasteiger partial charge in [-0.2, -0.15) is 0 Å². The third-order valence-corrected chi connectivity index (χ3v) is 4.00. The molecule has 0 unspecified atom stereocenters. The molecule has 10 heteroatoms. The average molecular weight is 313 g/mol. The van der Waals surface area contributed by atoms with Gasteiger partial charge in [0, 0.05) is 7.05 Å². The molecule has 120 valence electrons. The minimum Gasteiger partial charge on any atom is -0.391 e. The smallest absolute Gasteiger partial charge is 0.288 e. The van der Waals surface area contributed by atoms with Crippen LogP contribution in [0, 0.1) is 0 Å². The molecule has 0 radical (unpaired) electrons. The fraction of sp³-hybridized carbons (Fsp3) is 0.583. The number of imidazole rings is 1. The molecule has 2 aromatic heterocycles. The summed E-state index contributed by atoms with van der Waals surface area (Å²) in [6.07, 6.45) is 2.39. The second kappa shape index (κ2) is 4.56. The van der Waals surface area contributed by atoms with Crippen LogP contribution in [0.5, 0.6) is 0 Å². The maximum Gasteiger partial charge on any atom is 0.288 e. The van der Waals surface area contributed by atoms with Crippen LogP contribution >= 0.6 is 0 Å². The first-order valence-electron chi connectivity index (χ1n) is 6.55. The van der Waals surface area contributed by atoms with Crippen LogP contribution in [-0.4, -0.2) is 66.6 Å². The lowest BCUT2D eigenvalue weighted by Gasteiger charge is -2.38. The Kier molecular flexibility index (Phi) is 3.11. The molecule has 1 aliphatic heterocycles.